The van der Waals surface area contributed by atoms with Crippen molar-refractivity contribution in [2.75, 3.05) is 25.9 Å². The van der Waals surface area contributed by atoms with E-state index in [-0.39, 0.29) is 11.8 Å². The third-order valence-electron chi connectivity index (χ3n) is 4.17. The summed E-state index contributed by atoms with van der Waals surface area (Å²) < 4.78 is 30.0. The van der Waals surface area contributed by atoms with Crippen molar-refractivity contribution in [3.8, 4) is 5.75 Å². The summed E-state index contributed by atoms with van der Waals surface area (Å²) in [6.45, 7) is 3.13. The maximum Gasteiger partial charge on any atom is 0.260 e. The fourth-order valence-electron chi connectivity index (χ4n) is 2.65. The maximum absolute atomic E-state index is 12.2. The maximum atomic E-state index is 12.2. The lowest BCUT2D eigenvalue weighted by molar-refractivity contribution is -0.127. The Labute approximate surface area is 158 Å². The van der Waals surface area contributed by atoms with Gasteiger partial charge in [-0.1, -0.05) is 23.2 Å². The van der Waals surface area contributed by atoms with Crippen LogP contribution >= 0.6 is 23.2 Å². The molecule has 1 aromatic rings. The van der Waals surface area contributed by atoms with E-state index in [0.29, 0.717) is 35.4 Å². The number of amides is 1. The van der Waals surface area contributed by atoms with Crippen molar-refractivity contribution < 1.29 is 17.9 Å². The molecule has 0 spiro atoms. The molecule has 0 saturated carbocycles. The first-order valence-corrected chi connectivity index (χ1v) is 10.6. The van der Waals surface area contributed by atoms with Gasteiger partial charge in [-0.3, -0.25) is 4.79 Å². The Morgan fingerprint density at radius 3 is 2.56 bits per heavy atom. The number of benzene rings is 1. The fraction of sp³-hybridized carbons (Fsp3) is 0.562. The molecule has 1 amide bonds. The molecular formula is C16H22Cl2N2O4S. The molecule has 9 heteroatoms. The highest BCUT2D eigenvalue weighted by Gasteiger charge is 2.25. The zero-order chi connectivity index (χ0) is 18.6. The highest BCUT2D eigenvalue weighted by molar-refractivity contribution is 7.88. The molecule has 1 N–H and O–H groups in total. The first-order valence-electron chi connectivity index (χ1n) is 8.01. The van der Waals surface area contributed by atoms with Gasteiger partial charge in [0.2, 0.25) is 10.0 Å². The van der Waals surface area contributed by atoms with Crippen LogP contribution in [0.3, 0.4) is 0 Å². The normalized spacial score (nSPS) is 17.9. The van der Waals surface area contributed by atoms with Crippen molar-refractivity contribution in [1.29, 1.82) is 0 Å². The summed E-state index contributed by atoms with van der Waals surface area (Å²) in [7, 11) is -3.13. The molecule has 140 valence electrons. The number of halogens is 2. The van der Waals surface area contributed by atoms with Crippen molar-refractivity contribution in [3.05, 3.63) is 28.2 Å². The lowest BCUT2D eigenvalue weighted by Crippen LogP contribution is -2.43. The van der Waals surface area contributed by atoms with E-state index >= 15 is 0 Å². The number of sulfonamides is 1. The van der Waals surface area contributed by atoms with E-state index < -0.39 is 16.1 Å². The van der Waals surface area contributed by atoms with Crippen molar-refractivity contribution in [3.63, 3.8) is 0 Å². The van der Waals surface area contributed by atoms with Gasteiger partial charge < -0.3 is 10.1 Å². The zero-order valence-corrected chi connectivity index (χ0v) is 16.5. The average Bonchev–Trinajstić information content (AvgIpc) is 2.54. The number of nitrogens with one attached hydrogen (secondary N) is 1. The van der Waals surface area contributed by atoms with Gasteiger partial charge in [-0.05, 0) is 43.9 Å². The number of rotatable bonds is 6. The third kappa shape index (κ3) is 6.02. The number of hydrogen-bond donors (Lipinski definition) is 1. The summed E-state index contributed by atoms with van der Waals surface area (Å²) in [6, 6.07) is 4.82. The number of piperidine rings is 1. The second-order valence-electron chi connectivity index (χ2n) is 6.19. The van der Waals surface area contributed by atoms with Gasteiger partial charge in [-0.2, -0.15) is 0 Å². The minimum absolute atomic E-state index is 0.239. The molecule has 1 fully saturated rings. The van der Waals surface area contributed by atoms with Crippen LogP contribution in [0, 0.1) is 5.92 Å². The number of nitrogens with zero attached hydrogens (tertiary/aromatic N) is 1. The molecule has 1 aromatic carbocycles. The van der Waals surface area contributed by atoms with Crippen LogP contribution in [0.5, 0.6) is 5.75 Å². The fourth-order valence-corrected chi connectivity index (χ4v) is 3.98. The van der Waals surface area contributed by atoms with Crippen LogP contribution in [0.15, 0.2) is 18.2 Å². The SMILES string of the molecule is CC(Oc1ccc(Cl)cc1Cl)C(=O)NCC1CCN(S(C)(=O)=O)CC1. The van der Waals surface area contributed by atoms with E-state index in [1.165, 1.54) is 10.6 Å². The van der Waals surface area contributed by atoms with Crippen LogP contribution in [0.2, 0.25) is 10.0 Å². The Kier molecular flexibility index (Phi) is 6.96. The number of ether oxygens (including phenoxy) is 1. The minimum atomic E-state index is -3.13. The molecule has 1 unspecified atom stereocenters. The van der Waals surface area contributed by atoms with E-state index in [1.807, 2.05) is 0 Å². The zero-order valence-electron chi connectivity index (χ0n) is 14.2. The summed E-state index contributed by atoms with van der Waals surface area (Å²) in [5, 5.41) is 3.70. The van der Waals surface area contributed by atoms with E-state index in [0.717, 1.165) is 12.8 Å². The topological polar surface area (TPSA) is 75.7 Å². The number of carbonyl (C=O) groups excluding carboxylic acids is 1. The Bertz CT molecular complexity index is 719. The quantitative estimate of drug-likeness (QED) is 0.784. The molecule has 0 aliphatic carbocycles. The third-order valence-corrected chi connectivity index (χ3v) is 6.01. The monoisotopic (exact) mass is 408 g/mol. The summed E-state index contributed by atoms with van der Waals surface area (Å²) in [5.74, 6) is 0.417. The van der Waals surface area contributed by atoms with E-state index in [9.17, 15) is 13.2 Å². The van der Waals surface area contributed by atoms with Gasteiger partial charge >= 0.3 is 0 Å². The molecule has 1 heterocycles. The second-order valence-corrected chi connectivity index (χ2v) is 9.01. The molecule has 1 aliphatic heterocycles. The first-order chi connectivity index (χ1) is 11.7. The van der Waals surface area contributed by atoms with Gasteiger partial charge in [-0.25, -0.2) is 12.7 Å². The Balaban J connectivity index is 1.78. The van der Waals surface area contributed by atoms with Crippen LogP contribution in [0.1, 0.15) is 19.8 Å². The second kappa shape index (κ2) is 8.58. The standard InChI is InChI=1S/C16H22Cl2N2O4S/c1-11(24-15-4-3-13(17)9-14(15)18)16(21)19-10-12-5-7-20(8-6-12)25(2,22)23/h3-4,9,11-12H,5-8,10H2,1-2H3,(H,19,21). The minimum Gasteiger partial charge on any atom is -0.479 e. The molecule has 6 nitrogen and oxygen atoms in total. The first kappa shape index (κ1) is 20.3. The molecular weight excluding hydrogens is 387 g/mol. The predicted molar refractivity (Wildman–Crippen MR) is 98.7 cm³/mol. The van der Waals surface area contributed by atoms with Gasteiger partial charge in [0, 0.05) is 24.7 Å². The van der Waals surface area contributed by atoms with Crippen LogP contribution in [0.25, 0.3) is 0 Å². The Morgan fingerprint density at radius 1 is 1.36 bits per heavy atom. The van der Waals surface area contributed by atoms with Gasteiger partial charge in [-0.15, -0.1) is 0 Å². The van der Waals surface area contributed by atoms with Gasteiger partial charge in [0.05, 0.1) is 11.3 Å². The predicted octanol–water partition coefficient (Wildman–Crippen LogP) is 2.55. The molecule has 0 aromatic heterocycles. The van der Waals surface area contributed by atoms with Crippen LogP contribution in [0.4, 0.5) is 0 Å². The molecule has 1 saturated heterocycles. The van der Waals surface area contributed by atoms with E-state index in [1.54, 1.807) is 25.1 Å². The van der Waals surface area contributed by atoms with Crippen molar-refractivity contribution in [2.24, 2.45) is 5.92 Å². The molecule has 25 heavy (non-hydrogen) atoms. The lowest BCUT2D eigenvalue weighted by atomic mass is 9.98. The van der Waals surface area contributed by atoms with Crippen molar-refractivity contribution >= 4 is 39.1 Å². The molecule has 1 aliphatic rings. The summed E-state index contributed by atoms with van der Waals surface area (Å²) in [6.07, 6.45) is 1.97. The van der Waals surface area contributed by atoms with Gasteiger partial charge in [0.1, 0.15) is 5.75 Å². The molecule has 1 atom stereocenters. The summed E-state index contributed by atoms with van der Waals surface area (Å²) in [4.78, 5) is 12.2. The largest absolute Gasteiger partial charge is 0.479 e. The highest BCUT2D eigenvalue weighted by Crippen LogP contribution is 2.28. The van der Waals surface area contributed by atoms with Crippen LogP contribution in [-0.4, -0.2) is 50.6 Å². The van der Waals surface area contributed by atoms with Gasteiger partial charge in [0.15, 0.2) is 6.10 Å². The molecule has 0 bridgehead atoms. The summed E-state index contributed by atoms with van der Waals surface area (Å²) >= 11 is 11.9. The van der Waals surface area contributed by atoms with E-state index in [4.69, 9.17) is 27.9 Å². The van der Waals surface area contributed by atoms with Crippen molar-refractivity contribution in [2.45, 2.75) is 25.9 Å². The smallest absolute Gasteiger partial charge is 0.260 e. The lowest BCUT2D eigenvalue weighted by Gasteiger charge is -2.30. The Morgan fingerprint density at radius 2 is 2.00 bits per heavy atom. The molecule has 2 rings (SSSR count). The van der Waals surface area contributed by atoms with E-state index in [2.05, 4.69) is 5.32 Å². The van der Waals surface area contributed by atoms with Crippen molar-refractivity contribution in [1.82, 2.24) is 9.62 Å². The number of carbonyl (C=O) groups is 1. The summed E-state index contributed by atoms with van der Waals surface area (Å²) in [5.41, 5.74) is 0. The molecule has 0 radical (unpaired) electrons. The highest BCUT2D eigenvalue weighted by atomic mass is 35.5. The van der Waals surface area contributed by atoms with Crippen LogP contribution in [-0.2, 0) is 14.8 Å². The average molecular weight is 409 g/mol. The number of hydrogen-bond acceptors (Lipinski definition) is 4. The van der Waals surface area contributed by atoms with Crippen LogP contribution < -0.4 is 10.1 Å². The Hall–Kier alpha value is -1.02. The van der Waals surface area contributed by atoms with Gasteiger partial charge in [0.25, 0.3) is 5.91 Å².